The zero-order chi connectivity index (χ0) is 18.0. The number of nitrogens with one attached hydrogen (secondary N) is 2. The van der Waals surface area contributed by atoms with E-state index in [0.717, 1.165) is 21.8 Å². The molecule has 1 aromatic rings. The number of anilines is 1. The van der Waals surface area contributed by atoms with Crippen LogP contribution in [0.1, 0.15) is 57.1 Å². The lowest BCUT2D eigenvalue weighted by atomic mass is 9.92. The van der Waals surface area contributed by atoms with Gasteiger partial charge in [-0.25, -0.2) is 0 Å². The summed E-state index contributed by atoms with van der Waals surface area (Å²) in [5, 5.41) is 4.06. The SMILES string of the molecule is CC(C)c1cccc(C(C)C)c1NC(=O)CC1C(=O)NN(C)C1=O. The number of hydrazine groups is 1. The molecule has 24 heavy (non-hydrogen) atoms. The molecule has 1 aromatic carbocycles. The zero-order valence-electron chi connectivity index (χ0n) is 14.8. The van der Waals surface area contributed by atoms with Crippen LogP contribution in [0.2, 0.25) is 0 Å². The summed E-state index contributed by atoms with van der Waals surface area (Å²) >= 11 is 0. The van der Waals surface area contributed by atoms with Crippen LogP contribution in [-0.4, -0.2) is 29.8 Å². The summed E-state index contributed by atoms with van der Waals surface area (Å²) in [6.07, 6.45) is -0.154. The predicted octanol–water partition coefficient (Wildman–Crippen LogP) is 2.38. The summed E-state index contributed by atoms with van der Waals surface area (Å²) in [6, 6.07) is 5.98. The number of carbonyl (C=O) groups is 3. The van der Waals surface area contributed by atoms with Crippen molar-refractivity contribution in [1.29, 1.82) is 0 Å². The molecule has 0 saturated carbocycles. The molecule has 130 valence electrons. The Hall–Kier alpha value is -2.37. The molecule has 0 spiro atoms. The van der Waals surface area contributed by atoms with Gasteiger partial charge in [0.2, 0.25) is 5.91 Å². The lowest BCUT2D eigenvalue weighted by Gasteiger charge is -2.20. The van der Waals surface area contributed by atoms with Crippen molar-refractivity contribution in [2.75, 3.05) is 12.4 Å². The summed E-state index contributed by atoms with van der Waals surface area (Å²) in [6.45, 7) is 8.27. The summed E-state index contributed by atoms with van der Waals surface area (Å²) in [7, 11) is 1.48. The Balaban J connectivity index is 2.23. The highest BCUT2D eigenvalue weighted by Crippen LogP contribution is 2.32. The number of carbonyl (C=O) groups excluding carboxylic acids is 3. The highest BCUT2D eigenvalue weighted by atomic mass is 16.2. The van der Waals surface area contributed by atoms with Crippen molar-refractivity contribution in [3.63, 3.8) is 0 Å². The standard InChI is InChI=1S/C18H25N3O3/c1-10(2)12-7-6-8-13(11(3)4)16(12)19-15(22)9-14-17(23)20-21(5)18(14)24/h6-8,10-11,14H,9H2,1-5H3,(H,19,22)(H,20,23). The van der Waals surface area contributed by atoms with Gasteiger partial charge in [0.15, 0.2) is 0 Å². The lowest BCUT2D eigenvalue weighted by molar-refractivity contribution is -0.134. The van der Waals surface area contributed by atoms with Gasteiger partial charge in [0.1, 0.15) is 5.92 Å². The third-order valence-electron chi connectivity index (χ3n) is 4.25. The minimum absolute atomic E-state index is 0.154. The van der Waals surface area contributed by atoms with Gasteiger partial charge in [-0.1, -0.05) is 45.9 Å². The van der Waals surface area contributed by atoms with Crippen LogP contribution in [0.15, 0.2) is 18.2 Å². The van der Waals surface area contributed by atoms with Gasteiger partial charge >= 0.3 is 0 Å². The summed E-state index contributed by atoms with van der Waals surface area (Å²) in [4.78, 5) is 36.2. The Bertz CT molecular complexity index is 641. The predicted molar refractivity (Wildman–Crippen MR) is 92.3 cm³/mol. The third-order valence-corrected chi connectivity index (χ3v) is 4.25. The molecular weight excluding hydrogens is 306 g/mol. The van der Waals surface area contributed by atoms with Crippen LogP contribution in [0.3, 0.4) is 0 Å². The Morgan fingerprint density at radius 2 is 1.71 bits per heavy atom. The molecule has 1 saturated heterocycles. The van der Waals surface area contributed by atoms with Crippen molar-refractivity contribution >= 4 is 23.4 Å². The number of hydrogen-bond donors (Lipinski definition) is 2. The Morgan fingerprint density at radius 1 is 1.17 bits per heavy atom. The fourth-order valence-electron chi connectivity index (χ4n) is 2.90. The summed E-state index contributed by atoms with van der Waals surface area (Å²) < 4.78 is 0. The maximum absolute atomic E-state index is 12.5. The van der Waals surface area contributed by atoms with Gasteiger partial charge in [-0.15, -0.1) is 0 Å². The highest BCUT2D eigenvalue weighted by molar-refractivity contribution is 6.09. The zero-order valence-corrected chi connectivity index (χ0v) is 14.8. The van der Waals surface area contributed by atoms with E-state index in [4.69, 9.17) is 0 Å². The number of nitrogens with zero attached hydrogens (tertiary/aromatic N) is 1. The molecule has 0 bridgehead atoms. The molecule has 1 atom stereocenters. The smallest absolute Gasteiger partial charge is 0.253 e. The van der Waals surface area contributed by atoms with Crippen LogP contribution in [0.5, 0.6) is 0 Å². The van der Waals surface area contributed by atoms with Crippen LogP contribution in [-0.2, 0) is 14.4 Å². The van der Waals surface area contributed by atoms with E-state index < -0.39 is 11.8 Å². The van der Waals surface area contributed by atoms with Gasteiger partial charge in [0, 0.05) is 19.2 Å². The Labute approximate surface area is 142 Å². The first-order chi connectivity index (χ1) is 11.2. The van der Waals surface area contributed by atoms with E-state index >= 15 is 0 Å². The van der Waals surface area contributed by atoms with Crippen molar-refractivity contribution in [1.82, 2.24) is 10.4 Å². The largest absolute Gasteiger partial charge is 0.326 e. The summed E-state index contributed by atoms with van der Waals surface area (Å²) in [5.74, 6) is -1.59. The second-order valence-corrected chi connectivity index (χ2v) is 6.80. The molecule has 1 heterocycles. The summed E-state index contributed by atoms with van der Waals surface area (Å²) in [5.41, 5.74) is 5.31. The van der Waals surface area contributed by atoms with E-state index in [2.05, 4.69) is 38.4 Å². The quantitative estimate of drug-likeness (QED) is 0.813. The van der Waals surface area contributed by atoms with E-state index in [1.54, 1.807) is 0 Å². The molecule has 1 unspecified atom stereocenters. The fourth-order valence-corrected chi connectivity index (χ4v) is 2.90. The first-order valence-corrected chi connectivity index (χ1v) is 8.23. The first kappa shape index (κ1) is 18.0. The maximum Gasteiger partial charge on any atom is 0.253 e. The fraction of sp³-hybridized carbons (Fsp3) is 0.500. The van der Waals surface area contributed by atoms with Crippen LogP contribution >= 0.6 is 0 Å². The van der Waals surface area contributed by atoms with Crippen molar-refractivity contribution in [2.45, 2.75) is 46.0 Å². The average molecular weight is 331 g/mol. The van der Waals surface area contributed by atoms with Crippen LogP contribution in [0, 0.1) is 5.92 Å². The van der Waals surface area contributed by atoms with Crippen LogP contribution < -0.4 is 10.7 Å². The van der Waals surface area contributed by atoms with Gasteiger partial charge < -0.3 is 5.32 Å². The Kier molecular flexibility index (Phi) is 5.26. The normalized spacial score (nSPS) is 17.6. The second-order valence-electron chi connectivity index (χ2n) is 6.80. The van der Waals surface area contributed by atoms with Gasteiger partial charge in [-0.2, -0.15) is 0 Å². The molecule has 2 N–H and O–H groups in total. The van der Waals surface area contributed by atoms with E-state index in [-0.39, 0.29) is 30.1 Å². The van der Waals surface area contributed by atoms with Gasteiger partial charge in [0.25, 0.3) is 11.8 Å². The third kappa shape index (κ3) is 3.58. The molecule has 0 aliphatic carbocycles. The molecule has 1 fully saturated rings. The van der Waals surface area contributed by atoms with Gasteiger partial charge in [-0.3, -0.25) is 24.8 Å². The monoisotopic (exact) mass is 331 g/mol. The molecule has 0 aromatic heterocycles. The van der Waals surface area contributed by atoms with Crippen molar-refractivity contribution in [2.24, 2.45) is 5.92 Å². The van der Waals surface area contributed by atoms with E-state index in [0.29, 0.717) is 0 Å². The van der Waals surface area contributed by atoms with Crippen LogP contribution in [0.4, 0.5) is 5.69 Å². The number of amides is 3. The molecular formula is C18H25N3O3. The Morgan fingerprint density at radius 3 is 2.12 bits per heavy atom. The van der Waals surface area contributed by atoms with E-state index in [1.807, 2.05) is 18.2 Å². The first-order valence-electron chi connectivity index (χ1n) is 8.23. The highest BCUT2D eigenvalue weighted by Gasteiger charge is 2.38. The number of hydrogen-bond acceptors (Lipinski definition) is 3. The number of benzene rings is 1. The van der Waals surface area contributed by atoms with E-state index in [1.165, 1.54) is 7.05 Å². The minimum atomic E-state index is -0.955. The number of rotatable bonds is 5. The van der Waals surface area contributed by atoms with Crippen LogP contribution in [0.25, 0.3) is 0 Å². The van der Waals surface area contributed by atoms with Crippen molar-refractivity contribution in [3.8, 4) is 0 Å². The maximum atomic E-state index is 12.5. The molecule has 6 nitrogen and oxygen atoms in total. The molecule has 1 aliphatic heterocycles. The molecule has 2 rings (SSSR count). The second kappa shape index (κ2) is 7.03. The van der Waals surface area contributed by atoms with Gasteiger partial charge in [-0.05, 0) is 23.0 Å². The van der Waals surface area contributed by atoms with Crippen molar-refractivity contribution in [3.05, 3.63) is 29.3 Å². The average Bonchev–Trinajstić information content (AvgIpc) is 2.73. The van der Waals surface area contributed by atoms with Crippen molar-refractivity contribution < 1.29 is 14.4 Å². The lowest BCUT2D eigenvalue weighted by Crippen LogP contribution is -2.31. The molecule has 0 radical (unpaired) electrons. The molecule has 6 heteroatoms. The van der Waals surface area contributed by atoms with E-state index in [9.17, 15) is 14.4 Å². The van der Waals surface area contributed by atoms with Gasteiger partial charge in [0.05, 0.1) is 0 Å². The number of para-hydroxylation sites is 1. The molecule has 1 aliphatic rings. The molecule has 3 amide bonds. The topological polar surface area (TPSA) is 78.5 Å². The minimum Gasteiger partial charge on any atom is -0.326 e.